The van der Waals surface area contributed by atoms with Gasteiger partial charge in [0.1, 0.15) is 5.88 Å². The summed E-state index contributed by atoms with van der Waals surface area (Å²) in [6.45, 7) is 0. The van der Waals surface area contributed by atoms with Gasteiger partial charge in [-0.3, -0.25) is 4.79 Å². The molecule has 0 spiro atoms. The van der Waals surface area contributed by atoms with Crippen LogP contribution in [0.4, 0.5) is 0 Å². The van der Waals surface area contributed by atoms with E-state index in [-0.39, 0.29) is 23.6 Å². The summed E-state index contributed by atoms with van der Waals surface area (Å²) in [5, 5.41) is 1.13. The van der Waals surface area contributed by atoms with Crippen LogP contribution < -0.4 is 0 Å². The van der Waals surface area contributed by atoms with Crippen molar-refractivity contribution in [2.75, 3.05) is 18.7 Å². The standard InChI is InChI=1S/C7H10ClNO3S/c1-9(7(10)4-8)6-2-3-13(11,12)5-6/h2-3,6H,4-5H2,1H3. The first-order valence-electron chi connectivity index (χ1n) is 3.69. The van der Waals surface area contributed by atoms with Crippen LogP contribution in [-0.4, -0.2) is 43.9 Å². The first-order chi connectivity index (χ1) is 5.96. The van der Waals surface area contributed by atoms with Crippen LogP contribution in [0.1, 0.15) is 0 Å². The number of nitrogens with zero attached hydrogens (tertiary/aromatic N) is 1. The molecule has 0 aliphatic carbocycles. The van der Waals surface area contributed by atoms with E-state index in [4.69, 9.17) is 11.6 Å². The van der Waals surface area contributed by atoms with Crippen molar-refractivity contribution in [1.82, 2.24) is 4.90 Å². The number of halogens is 1. The molecule has 1 aliphatic heterocycles. The van der Waals surface area contributed by atoms with E-state index in [0.29, 0.717) is 0 Å². The van der Waals surface area contributed by atoms with Gasteiger partial charge in [-0.2, -0.15) is 0 Å². The van der Waals surface area contributed by atoms with Gasteiger partial charge in [-0.05, 0) is 6.08 Å². The Morgan fingerprint density at radius 1 is 1.69 bits per heavy atom. The van der Waals surface area contributed by atoms with Crippen LogP contribution in [0.5, 0.6) is 0 Å². The van der Waals surface area contributed by atoms with Crippen molar-refractivity contribution in [3.05, 3.63) is 11.5 Å². The maximum atomic E-state index is 11.1. The molecule has 1 aliphatic rings. The smallest absolute Gasteiger partial charge is 0.237 e. The monoisotopic (exact) mass is 223 g/mol. The van der Waals surface area contributed by atoms with Crippen molar-refractivity contribution in [2.24, 2.45) is 0 Å². The summed E-state index contributed by atoms with van der Waals surface area (Å²) in [7, 11) is -1.56. The highest BCUT2D eigenvalue weighted by Crippen LogP contribution is 2.13. The molecule has 0 saturated carbocycles. The number of rotatable bonds is 2. The third-order valence-electron chi connectivity index (χ3n) is 1.92. The van der Waals surface area contributed by atoms with Gasteiger partial charge in [0.2, 0.25) is 5.91 Å². The van der Waals surface area contributed by atoms with E-state index in [2.05, 4.69) is 0 Å². The second-order valence-electron chi connectivity index (χ2n) is 2.86. The minimum absolute atomic E-state index is 0.0356. The molecule has 4 nitrogen and oxygen atoms in total. The molecule has 0 saturated heterocycles. The van der Waals surface area contributed by atoms with Gasteiger partial charge in [0.25, 0.3) is 0 Å². The molecule has 6 heteroatoms. The zero-order chi connectivity index (χ0) is 10.1. The van der Waals surface area contributed by atoms with Crippen LogP contribution in [0.3, 0.4) is 0 Å². The SMILES string of the molecule is CN(C(=O)CCl)C1C=CS(=O)(=O)C1. The minimum atomic E-state index is -3.10. The van der Waals surface area contributed by atoms with Gasteiger partial charge in [-0.1, -0.05) is 0 Å². The van der Waals surface area contributed by atoms with Crippen molar-refractivity contribution in [3.63, 3.8) is 0 Å². The molecule has 1 amide bonds. The Bertz CT molecular complexity index is 336. The fourth-order valence-electron chi connectivity index (χ4n) is 1.08. The van der Waals surface area contributed by atoms with Crippen LogP contribution in [0.25, 0.3) is 0 Å². The second kappa shape index (κ2) is 3.67. The van der Waals surface area contributed by atoms with Crippen LogP contribution >= 0.6 is 11.6 Å². The number of alkyl halides is 1. The molecule has 0 aromatic heterocycles. The first kappa shape index (κ1) is 10.5. The Morgan fingerprint density at radius 2 is 2.31 bits per heavy atom. The van der Waals surface area contributed by atoms with Crippen molar-refractivity contribution in [2.45, 2.75) is 6.04 Å². The summed E-state index contributed by atoms with van der Waals surface area (Å²) in [5.41, 5.74) is 0. The first-order valence-corrected chi connectivity index (χ1v) is 5.94. The zero-order valence-corrected chi connectivity index (χ0v) is 8.68. The molecule has 0 fully saturated rings. The van der Waals surface area contributed by atoms with E-state index in [1.807, 2.05) is 0 Å². The lowest BCUT2D eigenvalue weighted by Gasteiger charge is -2.21. The Labute approximate surface area is 82.1 Å². The molecule has 0 radical (unpaired) electrons. The molecule has 0 N–H and O–H groups in total. The molecular weight excluding hydrogens is 214 g/mol. The number of carbonyl (C=O) groups excluding carboxylic acids is 1. The van der Waals surface area contributed by atoms with Gasteiger partial charge in [-0.15, -0.1) is 11.6 Å². The number of sulfone groups is 1. The molecule has 0 aromatic rings. The number of likely N-dealkylation sites (N-methyl/N-ethyl adjacent to an activating group) is 1. The highest BCUT2D eigenvalue weighted by molar-refractivity contribution is 7.94. The maximum absolute atomic E-state index is 11.1. The lowest BCUT2D eigenvalue weighted by Crippen LogP contribution is -2.38. The van der Waals surface area contributed by atoms with Gasteiger partial charge in [0, 0.05) is 12.5 Å². The quantitative estimate of drug-likeness (QED) is 0.619. The number of hydrogen-bond donors (Lipinski definition) is 0. The molecule has 1 heterocycles. The maximum Gasteiger partial charge on any atom is 0.237 e. The Balaban J connectivity index is 2.68. The van der Waals surface area contributed by atoms with Gasteiger partial charge >= 0.3 is 0 Å². The van der Waals surface area contributed by atoms with E-state index >= 15 is 0 Å². The predicted octanol–water partition coefficient (Wildman–Crippen LogP) is -0.00570. The zero-order valence-electron chi connectivity index (χ0n) is 7.10. The van der Waals surface area contributed by atoms with Crippen LogP contribution in [0.15, 0.2) is 11.5 Å². The highest BCUT2D eigenvalue weighted by Gasteiger charge is 2.27. The van der Waals surface area contributed by atoms with E-state index in [9.17, 15) is 13.2 Å². The number of hydrogen-bond acceptors (Lipinski definition) is 3. The fraction of sp³-hybridized carbons (Fsp3) is 0.571. The van der Waals surface area contributed by atoms with Crippen molar-refractivity contribution >= 4 is 27.3 Å². The molecular formula is C7H10ClNO3S. The third-order valence-corrected chi connectivity index (χ3v) is 3.52. The minimum Gasteiger partial charge on any atom is -0.337 e. The van der Waals surface area contributed by atoms with E-state index in [1.165, 1.54) is 11.0 Å². The van der Waals surface area contributed by atoms with Crippen molar-refractivity contribution < 1.29 is 13.2 Å². The van der Waals surface area contributed by atoms with Crippen LogP contribution in [-0.2, 0) is 14.6 Å². The average molecular weight is 224 g/mol. The summed E-state index contributed by atoms with van der Waals surface area (Å²) in [6.07, 6.45) is 1.50. The van der Waals surface area contributed by atoms with Gasteiger partial charge < -0.3 is 4.90 Å². The Morgan fingerprint density at radius 3 is 2.69 bits per heavy atom. The highest BCUT2D eigenvalue weighted by atomic mass is 35.5. The molecule has 13 heavy (non-hydrogen) atoms. The molecule has 1 rings (SSSR count). The number of carbonyl (C=O) groups is 1. The molecule has 1 atom stereocenters. The van der Waals surface area contributed by atoms with Crippen molar-refractivity contribution in [1.29, 1.82) is 0 Å². The van der Waals surface area contributed by atoms with Gasteiger partial charge in [0.05, 0.1) is 11.8 Å². The van der Waals surface area contributed by atoms with E-state index in [0.717, 1.165) is 5.41 Å². The summed E-state index contributed by atoms with van der Waals surface area (Å²) in [6, 6.07) is -0.365. The van der Waals surface area contributed by atoms with E-state index < -0.39 is 9.84 Å². The third kappa shape index (κ3) is 2.45. The number of amides is 1. The molecule has 74 valence electrons. The van der Waals surface area contributed by atoms with Gasteiger partial charge in [0.15, 0.2) is 9.84 Å². The van der Waals surface area contributed by atoms with Crippen LogP contribution in [0, 0.1) is 0 Å². The fourth-order valence-corrected chi connectivity index (χ4v) is 2.61. The topological polar surface area (TPSA) is 54.5 Å². The summed E-state index contributed by atoms with van der Waals surface area (Å²) in [4.78, 5) is 12.4. The molecule has 0 bridgehead atoms. The normalized spacial score (nSPS) is 24.6. The summed E-state index contributed by atoms with van der Waals surface area (Å²) < 4.78 is 22.0. The lowest BCUT2D eigenvalue weighted by atomic mass is 10.3. The largest absolute Gasteiger partial charge is 0.337 e. The average Bonchev–Trinajstić information content (AvgIpc) is 2.43. The molecule has 0 aromatic carbocycles. The summed E-state index contributed by atoms with van der Waals surface area (Å²) in [5.74, 6) is -0.430. The second-order valence-corrected chi connectivity index (χ2v) is 5.06. The van der Waals surface area contributed by atoms with Crippen LogP contribution in [0.2, 0.25) is 0 Å². The van der Waals surface area contributed by atoms with Gasteiger partial charge in [-0.25, -0.2) is 8.42 Å². The van der Waals surface area contributed by atoms with E-state index in [1.54, 1.807) is 7.05 Å². The molecule has 1 unspecified atom stereocenters. The summed E-state index contributed by atoms with van der Waals surface area (Å²) >= 11 is 5.33. The Kier molecular flexibility index (Phi) is 2.98. The Hall–Kier alpha value is -0.550. The lowest BCUT2D eigenvalue weighted by molar-refractivity contribution is -0.128. The predicted molar refractivity (Wildman–Crippen MR) is 50.2 cm³/mol. The van der Waals surface area contributed by atoms with Crippen molar-refractivity contribution in [3.8, 4) is 0 Å².